The van der Waals surface area contributed by atoms with Gasteiger partial charge < -0.3 is 14.6 Å². The summed E-state index contributed by atoms with van der Waals surface area (Å²) in [5.41, 5.74) is 7.58. The normalized spacial score (nSPS) is 14.8. The van der Waals surface area contributed by atoms with Crippen LogP contribution in [0.1, 0.15) is 68.5 Å². The molecule has 3 aromatic heterocycles. The first-order valence-corrected chi connectivity index (χ1v) is 12.5. The number of aromatic nitrogens is 4. The quantitative estimate of drug-likeness (QED) is 0.270. The topological polar surface area (TPSA) is 91.3 Å². The number of fused-ring (bicyclic) bond motifs is 1. The first-order chi connectivity index (χ1) is 17.2. The van der Waals surface area contributed by atoms with Gasteiger partial charge in [-0.3, -0.25) is 10.4 Å². The van der Waals surface area contributed by atoms with E-state index in [-0.39, 0.29) is 0 Å². The molecule has 0 saturated heterocycles. The molecule has 0 fully saturated rings. The Morgan fingerprint density at radius 2 is 2.09 bits per heavy atom. The van der Waals surface area contributed by atoms with Crippen molar-refractivity contribution in [3.8, 4) is 6.01 Å². The second-order valence-corrected chi connectivity index (χ2v) is 8.78. The van der Waals surface area contributed by atoms with Gasteiger partial charge in [0.05, 0.1) is 12.8 Å². The van der Waals surface area contributed by atoms with Gasteiger partial charge in [0.25, 0.3) is 0 Å². The molecule has 8 nitrogen and oxygen atoms in total. The predicted octanol–water partition coefficient (Wildman–Crippen LogP) is 5.41. The van der Waals surface area contributed by atoms with Crippen molar-refractivity contribution in [2.45, 2.75) is 52.4 Å². The van der Waals surface area contributed by atoms with E-state index >= 15 is 0 Å². The van der Waals surface area contributed by atoms with Crippen LogP contribution in [0.4, 0.5) is 11.6 Å². The number of aromatic amines is 1. The zero-order chi connectivity index (χ0) is 24.5. The van der Waals surface area contributed by atoms with Crippen LogP contribution in [0, 0.1) is 0 Å². The lowest BCUT2D eigenvalue weighted by Gasteiger charge is -2.23. The van der Waals surface area contributed by atoms with Crippen molar-refractivity contribution in [2.24, 2.45) is 5.10 Å². The molecule has 1 aliphatic rings. The summed E-state index contributed by atoms with van der Waals surface area (Å²) in [6.07, 6.45) is 13.8. The number of H-pyrrole nitrogens is 1. The number of ether oxygens (including phenoxy) is 1. The molecule has 35 heavy (non-hydrogen) atoms. The van der Waals surface area contributed by atoms with Crippen LogP contribution in [0.15, 0.2) is 47.8 Å². The van der Waals surface area contributed by atoms with Gasteiger partial charge in [0.1, 0.15) is 5.82 Å². The molecule has 0 aromatic carbocycles. The van der Waals surface area contributed by atoms with Crippen LogP contribution < -0.4 is 15.1 Å². The highest BCUT2D eigenvalue weighted by molar-refractivity contribution is 5.87. The summed E-state index contributed by atoms with van der Waals surface area (Å²) in [6, 6.07) is 8.14. The molecule has 0 amide bonds. The number of anilines is 2. The molecule has 0 saturated carbocycles. The molecular weight excluding hydrogens is 438 g/mol. The first kappa shape index (κ1) is 24.4. The Kier molecular flexibility index (Phi) is 8.48. The second kappa shape index (κ2) is 12.1. The number of pyridine rings is 1. The summed E-state index contributed by atoms with van der Waals surface area (Å²) in [5, 5.41) is 4.48. The van der Waals surface area contributed by atoms with Gasteiger partial charge >= 0.3 is 6.01 Å². The zero-order valence-electron chi connectivity index (χ0n) is 20.9. The summed E-state index contributed by atoms with van der Waals surface area (Å²) in [7, 11) is 0. The van der Waals surface area contributed by atoms with E-state index < -0.39 is 0 Å². The van der Waals surface area contributed by atoms with Crippen LogP contribution in [0.25, 0.3) is 6.08 Å². The maximum Gasteiger partial charge on any atom is 0.320 e. The Bertz CT molecular complexity index is 1130. The number of nitrogens with one attached hydrogen (secondary N) is 2. The molecule has 0 aliphatic heterocycles. The number of rotatable bonds is 12. The lowest BCUT2D eigenvalue weighted by molar-refractivity contribution is 0.295. The Labute approximate surface area is 207 Å². The van der Waals surface area contributed by atoms with E-state index in [9.17, 15) is 0 Å². The number of hydrogen-bond acceptors (Lipinski definition) is 7. The van der Waals surface area contributed by atoms with Gasteiger partial charge in [0.2, 0.25) is 0 Å². The molecule has 3 heterocycles. The first-order valence-electron chi connectivity index (χ1n) is 12.5. The molecule has 1 aliphatic carbocycles. The highest BCUT2D eigenvalue weighted by Crippen LogP contribution is 2.30. The minimum atomic E-state index is 0.337. The summed E-state index contributed by atoms with van der Waals surface area (Å²) < 4.78 is 5.94. The van der Waals surface area contributed by atoms with E-state index in [1.54, 1.807) is 6.20 Å². The Hall–Kier alpha value is -3.68. The van der Waals surface area contributed by atoms with E-state index in [4.69, 9.17) is 9.72 Å². The molecule has 0 bridgehead atoms. The van der Waals surface area contributed by atoms with Gasteiger partial charge in [-0.1, -0.05) is 39.0 Å². The maximum absolute atomic E-state index is 5.94. The highest BCUT2D eigenvalue weighted by Gasteiger charge is 2.16. The molecule has 0 radical (unpaired) electrons. The van der Waals surface area contributed by atoms with Gasteiger partial charge in [0, 0.05) is 66.4 Å². The van der Waals surface area contributed by atoms with Crippen molar-refractivity contribution in [1.82, 2.24) is 19.9 Å². The molecule has 184 valence electrons. The lowest BCUT2D eigenvalue weighted by Crippen LogP contribution is -2.26. The molecule has 4 rings (SSSR count). The van der Waals surface area contributed by atoms with Crippen LogP contribution in [0.3, 0.4) is 0 Å². The van der Waals surface area contributed by atoms with Crippen LogP contribution in [0.5, 0.6) is 6.01 Å². The van der Waals surface area contributed by atoms with Crippen LogP contribution in [-0.2, 0) is 6.42 Å². The monoisotopic (exact) mass is 473 g/mol. The average molecular weight is 474 g/mol. The standard InChI is InChI=1S/C27H35N7O/c1-4-14-34(15-5-2)25-17-24(31-27(32-25)35-16-12-22-10-6-7-13-28-22)33-30-19-21-18-29-26-20(3)9-8-11-23(21)26/h6-8,10-11,13,17-20,29H,4-5,9,12,14-16H2,1-3H3,(H,31,32,33)/b30-19+. The number of allylic oxidation sites excluding steroid dienone is 1. The largest absolute Gasteiger partial charge is 0.463 e. The fourth-order valence-corrected chi connectivity index (χ4v) is 4.21. The Morgan fingerprint density at radius 1 is 1.23 bits per heavy atom. The average Bonchev–Trinajstić information content (AvgIpc) is 3.29. The lowest BCUT2D eigenvalue weighted by atomic mass is 9.93. The molecule has 1 unspecified atom stereocenters. The SMILES string of the molecule is CCCN(CCC)c1cc(N/N=C/c2c[nH]c3c2C=CCC3C)nc(OCCc2ccccn2)n1. The number of hydrazone groups is 1. The van der Waals surface area contributed by atoms with Gasteiger partial charge in [-0.05, 0) is 31.4 Å². The fraction of sp³-hybridized carbons (Fsp3) is 0.407. The van der Waals surface area contributed by atoms with Gasteiger partial charge in [-0.2, -0.15) is 15.1 Å². The molecular formula is C27H35N7O. The number of hydrogen-bond donors (Lipinski definition) is 2. The van der Waals surface area contributed by atoms with Crippen LogP contribution in [0.2, 0.25) is 0 Å². The summed E-state index contributed by atoms with van der Waals surface area (Å²) in [6.45, 7) is 8.86. The smallest absolute Gasteiger partial charge is 0.320 e. The third-order valence-corrected chi connectivity index (χ3v) is 5.95. The molecule has 2 N–H and O–H groups in total. The van der Waals surface area contributed by atoms with Crippen LogP contribution in [-0.4, -0.2) is 45.8 Å². The van der Waals surface area contributed by atoms with Crippen LogP contribution >= 0.6 is 0 Å². The zero-order valence-corrected chi connectivity index (χ0v) is 20.9. The van der Waals surface area contributed by atoms with Crippen molar-refractivity contribution >= 4 is 23.9 Å². The molecule has 3 aromatic rings. The third-order valence-electron chi connectivity index (χ3n) is 5.95. The fourth-order valence-electron chi connectivity index (χ4n) is 4.21. The van der Waals surface area contributed by atoms with E-state index in [1.165, 1.54) is 11.3 Å². The summed E-state index contributed by atoms with van der Waals surface area (Å²) in [5.74, 6) is 1.93. The van der Waals surface area contributed by atoms with Crippen molar-refractivity contribution < 1.29 is 4.74 Å². The number of nitrogens with zero attached hydrogens (tertiary/aromatic N) is 5. The Morgan fingerprint density at radius 3 is 2.86 bits per heavy atom. The van der Waals surface area contributed by atoms with Crippen molar-refractivity contribution in [1.29, 1.82) is 0 Å². The predicted molar refractivity (Wildman–Crippen MR) is 142 cm³/mol. The minimum absolute atomic E-state index is 0.337. The third kappa shape index (κ3) is 6.47. The van der Waals surface area contributed by atoms with Crippen molar-refractivity contribution in [2.75, 3.05) is 30.0 Å². The van der Waals surface area contributed by atoms with Gasteiger partial charge in [0.15, 0.2) is 5.82 Å². The van der Waals surface area contributed by atoms with Gasteiger partial charge in [-0.25, -0.2) is 0 Å². The highest BCUT2D eigenvalue weighted by atomic mass is 16.5. The second-order valence-electron chi connectivity index (χ2n) is 8.78. The minimum Gasteiger partial charge on any atom is -0.463 e. The van der Waals surface area contributed by atoms with E-state index in [0.717, 1.165) is 49.4 Å². The summed E-state index contributed by atoms with van der Waals surface area (Å²) >= 11 is 0. The van der Waals surface area contributed by atoms with E-state index in [2.05, 4.69) is 63.3 Å². The molecule has 8 heteroatoms. The molecule has 1 atom stereocenters. The van der Waals surface area contributed by atoms with Crippen molar-refractivity contribution in [3.05, 3.63) is 65.2 Å². The Balaban J connectivity index is 1.50. The maximum atomic E-state index is 5.94. The summed E-state index contributed by atoms with van der Waals surface area (Å²) in [4.78, 5) is 19.3. The van der Waals surface area contributed by atoms with Crippen molar-refractivity contribution in [3.63, 3.8) is 0 Å². The van der Waals surface area contributed by atoms with Gasteiger partial charge in [-0.15, -0.1) is 0 Å². The van der Waals surface area contributed by atoms with E-state index in [1.807, 2.05) is 36.7 Å². The molecule has 0 spiro atoms. The van der Waals surface area contributed by atoms with E-state index in [0.29, 0.717) is 30.8 Å².